The van der Waals surface area contributed by atoms with E-state index >= 15 is 0 Å². The van der Waals surface area contributed by atoms with Crippen LogP contribution >= 0.6 is 0 Å². The minimum Gasteiger partial charge on any atom is -0.386 e. The highest BCUT2D eigenvalue weighted by atomic mass is 16.5. The van der Waals surface area contributed by atoms with Gasteiger partial charge in [-0.1, -0.05) is 0 Å². The van der Waals surface area contributed by atoms with Crippen molar-refractivity contribution in [3.8, 4) is 0 Å². The molecule has 2 fully saturated rings. The summed E-state index contributed by atoms with van der Waals surface area (Å²) in [4.78, 5) is 22.2. The van der Waals surface area contributed by atoms with Crippen molar-refractivity contribution in [1.82, 2.24) is 10.6 Å². The number of carbonyl (C=O) groups is 2. The molecule has 0 radical (unpaired) electrons. The molecule has 2 saturated heterocycles. The van der Waals surface area contributed by atoms with E-state index in [1.54, 1.807) is 6.92 Å². The summed E-state index contributed by atoms with van der Waals surface area (Å²) in [6.45, 7) is 2.59. The summed E-state index contributed by atoms with van der Waals surface area (Å²) < 4.78 is 5.27. The molecule has 16 heavy (non-hydrogen) atoms. The number of hydrogen-bond donors (Lipinski definition) is 3. The average molecular weight is 228 g/mol. The third kappa shape index (κ3) is 2.09. The highest BCUT2D eigenvalue weighted by Crippen LogP contribution is 2.25. The number of carbonyl (C=O) groups excluding carboxylic acids is 2. The summed E-state index contributed by atoms with van der Waals surface area (Å²) in [5.41, 5.74) is -0.939. The maximum atomic E-state index is 11.3. The molecule has 3 N–H and O–H groups in total. The van der Waals surface area contributed by atoms with Crippen molar-refractivity contribution in [3.63, 3.8) is 0 Å². The highest BCUT2D eigenvalue weighted by molar-refractivity contribution is 6.05. The van der Waals surface area contributed by atoms with Gasteiger partial charge in [0.1, 0.15) is 5.60 Å². The van der Waals surface area contributed by atoms with Crippen molar-refractivity contribution in [1.29, 1.82) is 0 Å². The Kier molecular flexibility index (Phi) is 2.96. The molecule has 3 unspecified atom stereocenters. The van der Waals surface area contributed by atoms with Crippen LogP contribution < -0.4 is 10.6 Å². The minimum absolute atomic E-state index is 0.143. The van der Waals surface area contributed by atoms with E-state index in [2.05, 4.69) is 10.6 Å². The van der Waals surface area contributed by atoms with Crippen LogP contribution in [0.3, 0.4) is 0 Å². The summed E-state index contributed by atoms with van der Waals surface area (Å²) in [6.07, 6.45) is 0.438. The molecule has 0 bridgehead atoms. The SMILES string of the molecule is CC1OCCC1(O)CNC1CC(=O)NC1=O. The van der Waals surface area contributed by atoms with Gasteiger partial charge in [0.15, 0.2) is 0 Å². The van der Waals surface area contributed by atoms with Crippen molar-refractivity contribution >= 4 is 11.8 Å². The molecule has 0 saturated carbocycles. The first-order valence-electron chi connectivity index (χ1n) is 5.42. The lowest BCUT2D eigenvalue weighted by Crippen LogP contribution is -2.50. The number of rotatable bonds is 3. The molecule has 6 nitrogen and oxygen atoms in total. The molecule has 0 aromatic rings. The first kappa shape index (κ1) is 11.5. The van der Waals surface area contributed by atoms with E-state index in [0.717, 1.165) is 0 Å². The van der Waals surface area contributed by atoms with E-state index in [0.29, 0.717) is 13.0 Å². The molecule has 2 amide bonds. The van der Waals surface area contributed by atoms with Gasteiger partial charge in [-0.2, -0.15) is 0 Å². The lowest BCUT2D eigenvalue weighted by atomic mass is 9.96. The Balaban J connectivity index is 1.87. The van der Waals surface area contributed by atoms with Crippen LogP contribution in [-0.2, 0) is 14.3 Å². The Morgan fingerprint density at radius 2 is 2.38 bits per heavy atom. The molecule has 0 spiro atoms. The zero-order valence-corrected chi connectivity index (χ0v) is 9.16. The Bertz CT molecular complexity index is 320. The first-order valence-corrected chi connectivity index (χ1v) is 5.42. The molecule has 2 aliphatic rings. The molecule has 6 heteroatoms. The van der Waals surface area contributed by atoms with Gasteiger partial charge < -0.3 is 15.2 Å². The highest BCUT2D eigenvalue weighted by Gasteiger charge is 2.41. The monoisotopic (exact) mass is 228 g/mol. The van der Waals surface area contributed by atoms with Crippen LogP contribution in [0.2, 0.25) is 0 Å². The number of amides is 2. The zero-order chi connectivity index (χ0) is 11.8. The van der Waals surface area contributed by atoms with Gasteiger partial charge in [-0.3, -0.25) is 14.9 Å². The molecule has 90 valence electrons. The molecule has 3 atom stereocenters. The van der Waals surface area contributed by atoms with E-state index in [9.17, 15) is 14.7 Å². The first-order chi connectivity index (χ1) is 7.51. The lowest BCUT2D eigenvalue weighted by molar-refractivity contribution is -0.125. The van der Waals surface area contributed by atoms with Crippen LogP contribution in [0.15, 0.2) is 0 Å². The molecular formula is C10H16N2O4. The van der Waals surface area contributed by atoms with Crippen LogP contribution in [0.5, 0.6) is 0 Å². The van der Waals surface area contributed by atoms with Gasteiger partial charge in [0.2, 0.25) is 11.8 Å². The third-order valence-corrected chi connectivity index (χ3v) is 3.28. The second-order valence-corrected chi connectivity index (χ2v) is 4.42. The Morgan fingerprint density at radius 3 is 2.88 bits per heavy atom. The number of ether oxygens (including phenoxy) is 1. The topological polar surface area (TPSA) is 87.7 Å². The fourth-order valence-electron chi connectivity index (χ4n) is 2.02. The molecule has 2 rings (SSSR count). The Morgan fingerprint density at radius 1 is 1.62 bits per heavy atom. The summed E-state index contributed by atoms with van der Waals surface area (Å²) in [7, 11) is 0. The largest absolute Gasteiger partial charge is 0.386 e. The predicted molar refractivity (Wildman–Crippen MR) is 54.5 cm³/mol. The molecule has 2 aliphatic heterocycles. The number of hydrogen-bond acceptors (Lipinski definition) is 5. The van der Waals surface area contributed by atoms with Crippen molar-refractivity contribution < 1.29 is 19.4 Å². The van der Waals surface area contributed by atoms with Crippen molar-refractivity contribution in [2.24, 2.45) is 0 Å². The number of nitrogens with one attached hydrogen (secondary N) is 2. The standard InChI is InChI=1S/C10H16N2O4/c1-6-10(15,2-3-16-6)5-11-7-4-8(13)12-9(7)14/h6-7,11,15H,2-5H2,1H3,(H,12,13,14). The summed E-state index contributed by atoms with van der Waals surface area (Å²) >= 11 is 0. The second-order valence-electron chi connectivity index (χ2n) is 4.42. The van der Waals surface area contributed by atoms with Crippen LogP contribution in [0.1, 0.15) is 19.8 Å². The van der Waals surface area contributed by atoms with Gasteiger partial charge >= 0.3 is 0 Å². The predicted octanol–water partition coefficient (Wildman–Crippen LogP) is -1.47. The van der Waals surface area contributed by atoms with Gasteiger partial charge in [0.25, 0.3) is 0 Å². The quantitative estimate of drug-likeness (QED) is 0.513. The van der Waals surface area contributed by atoms with Gasteiger partial charge in [-0.15, -0.1) is 0 Å². The molecule has 0 aromatic carbocycles. The molecule has 0 aromatic heterocycles. The number of aliphatic hydroxyl groups is 1. The fourth-order valence-corrected chi connectivity index (χ4v) is 2.02. The van der Waals surface area contributed by atoms with Gasteiger partial charge in [-0.05, 0) is 6.92 Å². The van der Waals surface area contributed by atoms with Crippen molar-refractivity contribution in [2.75, 3.05) is 13.2 Å². The Hall–Kier alpha value is -0.980. The third-order valence-electron chi connectivity index (χ3n) is 3.28. The molecule has 2 heterocycles. The average Bonchev–Trinajstić information content (AvgIpc) is 2.69. The van der Waals surface area contributed by atoms with Crippen LogP contribution in [-0.4, -0.2) is 47.8 Å². The molecular weight excluding hydrogens is 212 g/mol. The van der Waals surface area contributed by atoms with E-state index in [1.165, 1.54) is 0 Å². The van der Waals surface area contributed by atoms with Crippen LogP contribution in [0.4, 0.5) is 0 Å². The normalized spacial score (nSPS) is 39.1. The minimum atomic E-state index is -0.939. The van der Waals surface area contributed by atoms with Crippen LogP contribution in [0.25, 0.3) is 0 Å². The fraction of sp³-hybridized carbons (Fsp3) is 0.800. The van der Waals surface area contributed by atoms with Gasteiger partial charge in [0, 0.05) is 19.6 Å². The van der Waals surface area contributed by atoms with Crippen molar-refractivity contribution in [2.45, 2.75) is 37.5 Å². The van der Waals surface area contributed by atoms with E-state index < -0.39 is 11.6 Å². The maximum Gasteiger partial charge on any atom is 0.244 e. The van der Waals surface area contributed by atoms with Crippen molar-refractivity contribution in [3.05, 3.63) is 0 Å². The second kappa shape index (κ2) is 4.12. The lowest BCUT2D eigenvalue weighted by Gasteiger charge is -2.27. The summed E-state index contributed by atoms with van der Waals surface area (Å²) in [5.74, 6) is -0.592. The summed E-state index contributed by atoms with van der Waals surface area (Å²) in [6, 6.07) is -0.524. The molecule has 0 aliphatic carbocycles. The van der Waals surface area contributed by atoms with E-state index in [-0.39, 0.29) is 30.9 Å². The zero-order valence-electron chi connectivity index (χ0n) is 9.16. The summed E-state index contributed by atoms with van der Waals surface area (Å²) in [5, 5.41) is 15.3. The van der Waals surface area contributed by atoms with E-state index in [1.807, 2.05) is 0 Å². The number of imide groups is 1. The Labute approximate surface area is 93.3 Å². The maximum absolute atomic E-state index is 11.3. The van der Waals surface area contributed by atoms with Gasteiger partial charge in [-0.25, -0.2) is 0 Å². The van der Waals surface area contributed by atoms with Crippen LogP contribution in [0, 0.1) is 0 Å². The van der Waals surface area contributed by atoms with Gasteiger partial charge in [0.05, 0.1) is 18.6 Å². The van der Waals surface area contributed by atoms with E-state index in [4.69, 9.17) is 4.74 Å². The smallest absolute Gasteiger partial charge is 0.244 e.